The number of rotatable bonds is 6. The maximum atomic E-state index is 11.9. The molecule has 126 valence electrons. The molecular formula is C16H16N2O6. The van der Waals surface area contributed by atoms with Gasteiger partial charge in [-0.05, 0) is 42.8 Å². The lowest BCUT2D eigenvalue weighted by molar-refractivity contribution is 0.0696. The number of benzene rings is 1. The zero-order valence-electron chi connectivity index (χ0n) is 13.1. The predicted molar refractivity (Wildman–Crippen MR) is 84.4 cm³/mol. The van der Waals surface area contributed by atoms with Crippen molar-refractivity contribution in [1.29, 1.82) is 0 Å². The molecule has 8 heteroatoms. The van der Waals surface area contributed by atoms with Crippen LogP contribution in [-0.2, 0) is 4.74 Å². The quantitative estimate of drug-likeness (QED) is 0.378. The predicted octanol–water partition coefficient (Wildman–Crippen LogP) is 2.59. The first kappa shape index (κ1) is 17.1. The molecule has 0 spiro atoms. The van der Waals surface area contributed by atoms with Crippen LogP contribution < -0.4 is 14.9 Å². The summed E-state index contributed by atoms with van der Waals surface area (Å²) in [5.74, 6) is 0.00872. The molecule has 1 aromatic heterocycles. The lowest BCUT2D eigenvalue weighted by Crippen LogP contribution is -2.18. The Labute approximate surface area is 138 Å². The molecule has 0 saturated heterocycles. The van der Waals surface area contributed by atoms with Crippen LogP contribution in [0.1, 0.15) is 23.0 Å². The van der Waals surface area contributed by atoms with Crippen molar-refractivity contribution in [2.75, 3.05) is 13.7 Å². The molecule has 24 heavy (non-hydrogen) atoms. The number of nitrogens with zero attached hydrogens (tertiary/aromatic N) is 1. The summed E-state index contributed by atoms with van der Waals surface area (Å²) in [6.07, 6.45) is 2.13. The third kappa shape index (κ3) is 4.60. The smallest absolute Gasteiger partial charge is 0.427 e. The Balaban J connectivity index is 2.05. The first-order valence-corrected chi connectivity index (χ1v) is 7.03. The van der Waals surface area contributed by atoms with Gasteiger partial charge in [-0.1, -0.05) is 0 Å². The highest BCUT2D eigenvalue weighted by molar-refractivity contribution is 5.89. The summed E-state index contributed by atoms with van der Waals surface area (Å²) in [6, 6.07) is 7.87. The fourth-order valence-electron chi connectivity index (χ4n) is 1.72. The molecular weight excluding hydrogens is 316 g/mol. The van der Waals surface area contributed by atoms with Gasteiger partial charge in [0, 0.05) is 0 Å². The topological polar surface area (TPSA) is 99.4 Å². The molecule has 0 unspecified atom stereocenters. The van der Waals surface area contributed by atoms with Crippen LogP contribution in [0.15, 0.2) is 46.1 Å². The van der Waals surface area contributed by atoms with E-state index in [9.17, 15) is 9.59 Å². The van der Waals surface area contributed by atoms with Crippen LogP contribution in [0, 0.1) is 0 Å². The van der Waals surface area contributed by atoms with Gasteiger partial charge >= 0.3 is 12.1 Å². The van der Waals surface area contributed by atoms with E-state index >= 15 is 0 Å². The van der Waals surface area contributed by atoms with Crippen LogP contribution in [-0.4, -0.2) is 32.0 Å². The number of hydrogen-bond acceptors (Lipinski definition) is 7. The Hall–Kier alpha value is -3.29. The van der Waals surface area contributed by atoms with E-state index in [0.29, 0.717) is 11.3 Å². The Kier molecular flexibility index (Phi) is 5.95. The minimum absolute atomic E-state index is 0.0846. The van der Waals surface area contributed by atoms with Crippen molar-refractivity contribution in [3.8, 4) is 11.5 Å². The summed E-state index contributed by atoms with van der Waals surface area (Å²) >= 11 is 0. The fraction of sp³-hybridized carbons (Fsp3) is 0.188. The van der Waals surface area contributed by atoms with Crippen molar-refractivity contribution in [3.63, 3.8) is 0 Å². The van der Waals surface area contributed by atoms with Gasteiger partial charge in [-0.3, -0.25) is 0 Å². The Morgan fingerprint density at radius 3 is 2.79 bits per heavy atom. The van der Waals surface area contributed by atoms with Crippen LogP contribution in [0.5, 0.6) is 11.5 Å². The van der Waals surface area contributed by atoms with Gasteiger partial charge in [0.05, 0.1) is 26.2 Å². The standard InChI is InChI=1S/C16H16N2O6/c1-3-22-16(20)18-17-10-11-6-7-12(14(9-11)21-2)24-15(19)13-5-4-8-23-13/h4-10H,3H2,1-2H3,(H,18,20)/b17-10-. The molecule has 0 aliphatic heterocycles. The summed E-state index contributed by atoms with van der Waals surface area (Å²) < 4.78 is 20.0. The average molecular weight is 332 g/mol. The minimum atomic E-state index is -0.648. The SMILES string of the molecule is CCOC(=O)N/N=C\c1ccc(OC(=O)c2ccco2)c(OC)c1. The summed E-state index contributed by atoms with van der Waals surface area (Å²) in [5.41, 5.74) is 2.83. The van der Waals surface area contributed by atoms with Crippen LogP contribution in [0.25, 0.3) is 0 Å². The maximum absolute atomic E-state index is 11.9. The van der Waals surface area contributed by atoms with E-state index in [1.165, 1.54) is 25.7 Å². The molecule has 0 atom stereocenters. The number of carbonyl (C=O) groups excluding carboxylic acids is 2. The Morgan fingerprint density at radius 1 is 1.29 bits per heavy atom. The van der Waals surface area contributed by atoms with Gasteiger partial charge in [-0.25, -0.2) is 15.0 Å². The van der Waals surface area contributed by atoms with E-state index in [-0.39, 0.29) is 18.1 Å². The highest BCUT2D eigenvalue weighted by Crippen LogP contribution is 2.28. The zero-order chi connectivity index (χ0) is 17.4. The van der Waals surface area contributed by atoms with Crippen molar-refractivity contribution in [2.45, 2.75) is 6.92 Å². The maximum Gasteiger partial charge on any atom is 0.427 e. The number of hydrazone groups is 1. The van der Waals surface area contributed by atoms with Crippen molar-refractivity contribution in [1.82, 2.24) is 5.43 Å². The van der Waals surface area contributed by atoms with E-state index in [2.05, 4.69) is 15.3 Å². The molecule has 1 aromatic carbocycles. The van der Waals surface area contributed by atoms with Crippen molar-refractivity contribution in [3.05, 3.63) is 47.9 Å². The highest BCUT2D eigenvalue weighted by atomic mass is 16.6. The van der Waals surface area contributed by atoms with Gasteiger partial charge in [-0.2, -0.15) is 5.10 Å². The summed E-state index contributed by atoms with van der Waals surface area (Å²) in [7, 11) is 1.44. The van der Waals surface area contributed by atoms with Gasteiger partial charge in [0.25, 0.3) is 0 Å². The third-order valence-electron chi connectivity index (χ3n) is 2.76. The molecule has 8 nitrogen and oxygen atoms in total. The van der Waals surface area contributed by atoms with E-state index < -0.39 is 12.1 Å². The summed E-state index contributed by atoms with van der Waals surface area (Å²) in [5, 5.41) is 3.74. The molecule has 0 fully saturated rings. The second-order valence-corrected chi connectivity index (χ2v) is 4.37. The van der Waals surface area contributed by atoms with Crippen molar-refractivity contribution in [2.24, 2.45) is 5.10 Å². The van der Waals surface area contributed by atoms with E-state index in [4.69, 9.17) is 13.9 Å². The van der Waals surface area contributed by atoms with Crippen molar-refractivity contribution >= 4 is 18.3 Å². The number of carbonyl (C=O) groups is 2. The average Bonchev–Trinajstić information content (AvgIpc) is 3.11. The molecule has 0 radical (unpaired) electrons. The molecule has 0 bridgehead atoms. The number of esters is 1. The molecule has 1 N–H and O–H groups in total. The van der Waals surface area contributed by atoms with E-state index in [0.717, 1.165) is 0 Å². The number of furan rings is 1. The summed E-state index contributed by atoms with van der Waals surface area (Å²) in [6.45, 7) is 1.95. The van der Waals surface area contributed by atoms with E-state index in [1.807, 2.05) is 0 Å². The number of ether oxygens (including phenoxy) is 3. The molecule has 0 aliphatic carbocycles. The lowest BCUT2D eigenvalue weighted by Gasteiger charge is -2.08. The molecule has 1 heterocycles. The largest absolute Gasteiger partial charge is 0.493 e. The van der Waals surface area contributed by atoms with Gasteiger partial charge in [0.1, 0.15) is 0 Å². The molecule has 1 amide bonds. The first-order valence-electron chi connectivity index (χ1n) is 7.03. The van der Waals surface area contributed by atoms with Gasteiger partial charge in [0.2, 0.25) is 5.76 Å². The Morgan fingerprint density at radius 2 is 2.12 bits per heavy atom. The van der Waals surface area contributed by atoms with Gasteiger partial charge < -0.3 is 18.6 Å². The molecule has 2 rings (SSSR count). The van der Waals surface area contributed by atoms with Crippen LogP contribution >= 0.6 is 0 Å². The lowest BCUT2D eigenvalue weighted by atomic mass is 10.2. The van der Waals surface area contributed by atoms with Gasteiger partial charge in [-0.15, -0.1) is 0 Å². The van der Waals surface area contributed by atoms with Crippen LogP contribution in [0.2, 0.25) is 0 Å². The Bertz CT molecular complexity index is 724. The number of methoxy groups -OCH3 is 1. The zero-order valence-corrected chi connectivity index (χ0v) is 13.1. The van der Waals surface area contributed by atoms with Gasteiger partial charge in [0.15, 0.2) is 11.5 Å². The first-order chi connectivity index (χ1) is 11.6. The number of amides is 1. The monoisotopic (exact) mass is 332 g/mol. The van der Waals surface area contributed by atoms with Crippen molar-refractivity contribution < 1.29 is 28.2 Å². The van der Waals surface area contributed by atoms with Crippen LogP contribution in [0.4, 0.5) is 4.79 Å². The summed E-state index contributed by atoms with van der Waals surface area (Å²) in [4.78, 5) is 23.0. The minimum Gasteiger partial charge on any atom is -0.493 e. The van der Waals surface area contributed by atoms with E-state index in [1.54, 1.807) is 31.2 Å². The number of hydrogen-bond donors (Lipinski definition) is 1. The molecule has 0 saturated carbocycles. The fourth-order valence-corrected chi connectivity index (χ4v) is 1.72. The molecule has 2 aromatic rings. The third-order valence-corrected chi connectivity index (χ3v) is 2.76. The number of nitrogens with one attached hydrogen (secondary N) is 1. The normalized spacial score (nSPS) is 10.4. The second-order valence-electron chi connectivity index (χ2n) is 4.37. The van der Waals surface area contributed by atoms with Crippen LogP contribution in [0.3, 0.4) is 0 Å². The second kappa shape index (κ2) is 8.37. The highest BCUT2D eigenvalue weighted by Gasteiger charge is 2.14. The molecule has 0 aliphatic rings.